The molecule has 120 valence electrons. The number of halogens is 3. The fourth-order valence-electron chi connectivity index (χ4n) is 1.78. The SMILES string of the molecule is CC(C)NCc1ccc(S(=O)(=O)NC2(C(F)(F)F)CC2)o1. The number of rotatable bonds is 6. The molecule has 9 heteroatoms. The first-order valence-corrected chi connectivity index (χ1v) is 7.97. The summed E-state index contributed by atoms with van der Waals surface area (Å²) in [5, 5.41) is 2.52. The van der Waals surface area contributed by atoms with Crippen LogP contribution in [-0.2, 0) is 16.6 Å². The van der Waals surface area contributed by atoms with Crippen LogP contribution in [0.2, 0.25) is 0 Å². The van der Waals surface area contributed by atoms with E-state index in [9.17, 15) is 21.6 Å². The number of nitrogens with one attached hydrogen (secondary N) is 2. The third kappa shape index (κ3) is 3.58. The Hall–Kier alpha value is -1.06. The Bertz CT molecular complexity index is 604. The Morgan fingerprint density at radius 3 is 2.43 bits per heavy atom. The van der Waals surface area contributed by atoms with Gasteiger partial charge in [-0.25, -0.2) is 8.42 Å². The lowest BCUT2D eigenvalue weighted by molar-refractivity contribution is -0.160. The van der Waals surface area contributed by atoms with Crippen LogP contribution in [0.1, 0.15) is 32.4 Å². The first-order valence-electron chi connectivity index (χ1n) is 6.49. The van der Waals surface area contributed by atoms with Crippen LogP contribution >= 0.6 is 0 Å². The second-order valence-electron chi connectivity index (χ2n) is 5.44. The molecule has 0 atom stereocenters. The maximum Gasteiger partial charge on any atom is 0.407 e. The van der Waals surface area contributed by atoms with E-state index in [1.54, 1.807) is 4.72 Å². The molecule has 0 bridgehead atoms. The maximum atomic E-state index is 12.8. The van der Waals surface area contributed by atoms with Gasteiger partial charge in [0.2, 0.25) is 5.09 Å². The first-order chi connectivity index (χ1) is 9.56. The zero-order valence-corrected chi connectivity index (χ0v) is 12.4. The molecule has 1 fully saturated rings. The summed E-state index contributed by atoms with van der Waals surface area (Å²) < 4.78 is 69.1. The summed E-state index contributed by atoms with van der Waals surface area (Å²) in [5.41, 5.74) is -2.34. The van der Waals surface area contributed by atoms with Crippen LogP contribution in [0, 0.1) is 0 Å². The molecule has 1 heterocycles. The summed E-state index contributed by atoms with van der Waals surface area (Å²) in [6.07, 6.45) is -5.11. The summed E-state index contributed by atoms with van der Waals surface area (Å²) in [5.74, 6) is 0.348. The Kier molecular flexibility index (Phi) is 4.11. The molecule has 0 aromatic carbocycles. The minimum Gasteiger partial charge on any atom is -0.447 e. The maximum absolute atomic E-state index is 12.8. The highest BCUT2D eigenvalue weighted by molar-refractivity contribution is 7.89. The number of alkyl halides is 3. The molecular weight excluding hydrogens is 309 g/mol. The molecule has 1 aromatic rings. The highest BCUT2D eigenvalue weighted by Crippen LogP contribution is 2.49. The highest BCUT2D eigenvalue weighted by Gasteiger charge is 2.65. The molecule has 1 aliphatic carbocycles. The van der Waals surface area contributed by atoms with Crippen molar-refractivity contribution in [2.24, 2.45) is 0 Å². The Morgan fingerprint density at radius 1 is 1.33 bits per heavy atom. The fraction of sp³-hybridized carbons (Fsp3) is 0.667. The zero-order valence-electron chi connectivity index (χ0n) is 11.6. The van der Waals surface area contributed by atoms with Crippen LogP contribution in [-0.4, -0.2) is 26.2 Å². The third-order valence-electron chi connectivity index (χ3n) is 3.21. The van der Waals surface area contributed by atoms with Crippen molar-refractivity contribution in [1.29, 1.82) is 0 Å². The van der Waals surface area contributed by atoms with Crippen molar-refractivity contribution in [3.8, 4) is 0 Å². The van der Waals surface area contributed by atoms with Gasteiger partial charge < -0.3 is 9.73 Å². The van der Waals surface area contributed by atoms with Gasteiger partial charge in [-0.2, -0.15) is 17.9 Å². The van der Waals surface area contributed by atoms with E-state index in [-0.39, 0.29) is 18.9 Å². The van der Waals surface area contributed by atoms with E-state index in [1.165, 1.54) is 6.07 Å². The average molecular weight is 326 g/mol. The van der Waals surface area contributed by atoms with E-state index in [0.29, 0.717) is 12.3 Å². The van der Waals surface area contributed by atoms with Gasteiger partial charge in [0, 0.05) is 6.04 Å². The van der Waals surface area contributed by atoms with Gasteiger partial charge in [0.1, 0.15) is 11.3 Å². The van der Waals surface area contributed by atoms with Crippen LogP contribution in [0.15, 0.2) is 21.6 Å². The normalized spacial score (nSPS) is 18.2. The van der Waals surface area contributed by atoms with Crippen molar-refractivity contribution < 1.29 is 26.0 Å². The van der Waals surface area contributed by atoms with Crippen molar-refractivity contribution in [1.82, 2.24) is 10.0 Å². The second-order valence-corrected chi connectivity index (χ2v) is 7.06. The number of furan rings is 1. The van der Waals surface area contributed by atoms with Crippen molar-refractivity contribution in [3.63, 3.8) is 0 Å². The van der Waals surface area contributed by atoms with Crippen LogP contribution in [0.3, 0.4) is 0 Å². The van der Waals surface area contributed by atoms with Gasteiger partial charge in [-0.1, -0.05) is 13.8 Å². The molecule has 0 spiro atoms. The monoisotopic (exact) mass is 326 g/mol. The molecule has 1 saturated carbocycles. The van der Waals surface area contributed by atoms with Crippen molar-refractivity contribution in [2.75, 3.05) is 0 Å². The quantitative estimate of drug-likeness (QED) is 0.840. The Labute approximate surface area is 120 Å². The second kappa shape index (κ2) is 5.29. The van der Waals surface area contributed by atoms with Crippen LogP contribution in [0.5, 0.6) is 0 Å². The van der Waals surface area contributed by atoms with Gasteiger partial charge in [0.25, 0.3) is 10.0 Å². The summed E-state index contributed by atoms with van der Waals surface area (Å²) in [6.45, 7) is 4.11. The lowest BCUT2D eigenvalue weighted by Crippen LogP contribution is -2.47. The molecule has 0 saturated heterocycles. The third-order valence-corrected chi connectivity index (χ3v) is 4.62. The van der Waals surface area contributed by atoms with Crippen LogP contribution in [0.4, 0.5) is 13.2 Å². The largest absolute Gasteiger partial charge is 0.447 e. The van der Waals surface area contributed by atoms with Gasteiger partial charge in [0.05, 0.1) is 6.54 Å². The number of hydrogen-bond acceptors (Lipinski definition) is 4. The van der Waals surface area contributed by atoms with Gasteiger partial charge in [0.15, 0.2) is 0 Å². The summed E-state index contributed by atoms with van der Waals surface area (Å²) in [4.78, 5) is 0. The van der Waals surface area contributed by atoms with E-state index in [4.69, 9.17) is 4.42 Å². The van der Waals surface area contributed by atoms with Gasteiger partial charge in [-0.05, 0) is 25.0 Å². The van der Waals surface area contributed by atoms with Gasteiger partial charge >= 0.3 is 6.18 Å². The molecule has 1 aromatic heterocycles. The molecule has 0 radical (unpaired) electrons. The Morgan fingerprint density at radius 2 is 1.95 bits per heavy atom. The molecule has 0 unspecified atom stereocenters. The van der Waals surface area contributed by atoms with E-state index in [1.807, 2.05) is 13.8 Å². The number of sulfonamides is 1. The lowest BCUT2D eigenvalue weighted by atomic mass is 10.3. The molecule has 0 amide bonds. The van der Waals surface area contributed by atoms with Gasteiger partial charge in [-0.15, -0.1) is 0 Å². The standard InChI is InChI=1S/C12H17F3N2O3S/c1-8(2)16-7-9-3-4-10(20-9)21(18,19)17-11(5-6-11)12(13,14)15/h3-4,8,16-17H,5-7H2,1-2H3. The highest BCUT2D eigenvalue weighted by atomic mass is 32.2. The van der Waals surface area contributed by atoms with Crippen molar-refractivity contribution in [3.05, 3.63) is 17.9 Å². The Balaban J connectivity index is 2.10. The molecule has 1 aliphatic rings. The van der Waals surface area contributed by atoms with Gasteiger partial charge in [-0.3, -0.25) is 0 Å². The minimum absolute atomic E-state index is 0.174. The topological polar surface area (TPSA) is 71.3 Å². The van der Waals surface area contributed by atoms with E-state index in [0.717, 1.165) is 6.07 Å². The minimum atomic E-state index is -4.60. The molecule has 0 aliphatic heterocycles. The summed E-state index contributed by atoms with van der Waals surface area (Å²) >= 11 is 0. The smallest absolute Gasteiger partial charge is 0.407 e. The number of hydrogen-bond donors (Lipinski definition) is 2. The molecule has 21 heavy (non-hydrogen) atoms. The summed E-state index contributed by atoms with van der Waals surface area (Å²) in [7, 11) is -4.32. The predicted octanol–water partition coefficient (Wildman–Crippen LogP) is 2.15. The first kappa shape index (κ1) is 16.3. The zero-order chi connectivity index (χ0) is 15.9. The van der Waals surface area contributed by atoms with Crippen LogP contribution < -0.4 is 10.0 Å². The lowest BCUT2D eigenvalue weighted by Gasteiger charge is -2.19. The average Bonchev–Trinajstić information content (AvgIpc) is 2.95. The molecule has 2 rings (SSSR count). The fourth-order valence-corrected chi connectivity index (χ4v) is 3.18. The van der Waals surface area contributed by atoms with Crippen LogP contribution in [0.25, 0.3) is 0 Å². The van der Waals surface area contributed by atoms with E-state index in [2.05, 4.69) is 5.32 Å². The predicted molar refractivity (Wildman–Crippen MR) is 69.0 cm³/mol. The molecule has 2 N–H and O–H groups in total. The van der Waals surface area contributed by atoms with E-state index >= 15 is 0 Å². The van der Waals surface area contributed by atoms with Crippen molar-refractivity contribution >= 4 is 10.0 Å². The van der Waals surface area contributed by atoms with Crippen molar-refractivity contribution in [2.45, 2.75) is 56.1 Å². The summed E-state index contributed by atoms with van der Waals surface area (Å²) in [6, 6.07) is 2.76. The molecule has 5 nitrogen and oxygen atoms in total. The van der Waals surface area contributed by atoms with E-state index < -0.39 is 26.8 Å². The molecular formula is C12H17F3N2O3S.